The first kappa shape index (κ1) is 14.6. The van der Waals surface area contributed by atoms with Gasteiger partial charge in [0, 0.05) is 42.7 Å². The van der Waals surface area contributed by atoms with E-state index in [1.54, 1.807) is 20.9 Å². The van der Waals surface area contributed by atoms with Crippen LogP contribution in [-0.4, -0.2) is 28.3 Å². The van der Waals surface area contributed by atoms with E-state index < -0.39 is 0 Å². The van der Waals surface area contributed by atoms with Crippen molar-refractivity contribution in [3.8, 4) is 0 Å². The number of piperidine rings is 1. The second-order valence-corrected chi connectivity index (χ2v) is 6.58. The van der Waals surface area contributed by atoms with Crippen LogP contribution in [0.2, 0.25) is 5.02 Å². The molecule has 112 valence electrons. The minimum atomic E-state index is -0.151. The minimum Gasteiger partial charge on any atom is -0.301 e. The third kappa shape index (κ3) is 3.28. The van der Waals surface area contributed by atoms with E-state index in [9.17, 15) is 4.79 Å². The molecule has 3 heterocycles. The zero-order valence-corrected chi connectivity index (χ0v) is 13.3. The molecule has 1 unspecified atom stereocenters. The molecule has 1 N–H and O–H groups in total. The highest BCUT2D eigenvalue weighted by molar-refractivity contribution is 7.10. The highest BCUT2D eigenvalue weighted by Crippen LogP contribution is 2.21. The standard InChI is InChI=1S/C14H17ClN4OS/c1-18-6-4-13(17-18)19-5-2-3-12(14(19)20)16-8-11-7-10(15)9-21-11/h4,6-7,9,12,16H,2-3,5,8H2,1H3. The summed E-state index contributed by atoms with van der Waals surface area (Å²) in [6.07, 6.45) is 3.69. The zero-order chi connectivity index (χ0) is 14.8. The van der Waals surface area contributed by atoms with Gasteiger partial charge in [-0.3, -0.25) is 14.4 Å². The van der Waals surface area contributed by atoms with Gasteiger partial charge in [0.1, 0.15) is 0 Å². The van der Waals surface area contributed by atoms with Crippen molar-refractivity contribution >= 4 is 34.7 Å². The molecule has 1 amide bonds. The number of amides is 1. The van der Waals surface area contributed by atoms with Crippen LogP contribution in [-0.2, 0) is 18.4 Å². The van der Waals surface area contributed by atoms with Gasteiger partial charge in [-0.05, 0) is 18.9 Å². The third-order valence-electron chi connectivity index (χ3n) is 3.56. The number of nitrogens with one attached hydrogen (secondary N) is 1. The molecule has 0 saturated carbocycles. The zero-order valence-electron chi connectivity index (χ0n) is 11.8. The van der Waals surface area contributed by atoms with Crippen LogP contribution < -0.4 is 10.2 Å². The number of hydrogen-bond acceptors (Lipinski definition) is 4. The van der Waals surface area contributed by atoms with Gasteiger partial charge in [-0.25, -0.2) is 0 Å². The predicted molar refractivity (Wildman–Crippen MR) is 84.8 cm³/mol. The predicted octanol–water partition coefficient (Wildman–Crippen LogP) is 2.42. The largest absolute Gasteiger partial charge is 0.301 e. The van der Waals surface area contributed by atoms with E-state index >= 15 is 0 Å². The Morgan fingerprint density at radius 2 is 2.43 bits per heavy atom. The van der Waals surface area contributed by atoms with Crippen LogP contribution in [0.3, 0.4) is 0 Å². The summed E-state index contributed by atoms with van der Waals surface area (Å²) in [5.41, 5.74) is 0. The quantitative estimate of drug-likeness (QED) is 0.939. The van der Waals surface area contributed by atoms with Crippen molar-refractivity contribution in [2.75, 3.05) is 11.4 Å². The molecule has 1 saturated heterocycles. The molecule has 0 bridgehead atoms. The summed E-state index contributed by atoms with van der Waals surface area (Å²) in [5.74, 6) is 0.829. The number of thiophene rings is 1. The molecule has 1 aliphatic heterocycles. The van der Waals surface area contributed by atoms with Gasteiger partial charge in [0.05, 0.1) is 11.1 Å². The number of aromatic nitrogens is 2. The maximum atomic E-state index is 12.6. The molecule has 0 spiro atoms. The van der Waals surface area contributed by atoms with Crippen LogP contribution in [0.4, 0.5) is 5.82 Å². The normalized spacial score (nSPS) is 19.2. The fraction of sp³-hybridized carbons (Fsp3) is 0.429. The summed E-state index contributed by atoms with van der Waals surface area (Å²) in [5, 5.41) is 10.3. The number of rotatable bonds is 4. The van der Waals surface area contributed by atoms with Crippen LogP contribution in [0.1, 0.15) is 17.7 Å². The molecule has 2 aromatic heterocycles. The Morgan fingerprint density at radius 3 is 3.10 bits per heavy atom. The van der Waals surface area contributed by atoms with Gasteiger partial charge in [-0.15, -0.1) is 11.3 Å². The first-order valence-electron chi connectivity index (χ1n) is 6.91. The molecular formula is C14H17ClN4OS. The molecule has 1 fully saturated rings. The summed E-state index contributed by atoms with van der Waals surface area (Å²) >= 11 is 7.52. The minimum absolute atomic E-state index is 0.0996. The van der Waals surface area contributed by atoms with E-state index in [-0.39, 0.29) is 11.9 Å². The van der Waals surface area contributed by atoms with Crippen molar-refractivity contribution in [1.82, 2.24) is 15.1 Å². The molecule has 0 aromatic carbocycles. The molecule has 2 aromatic rings. The number of aryl methyl sites for hydroxylation is 1. The summed E-state index contributed by atoms with van der Waals surface area (Å²) in [6.45, 7) is 1.41. The molecular weight excluding hydrogens is 308 g/mol. The fourth-order valence-corrected chi connectivity index (χ4v) is 3.53. The van der Waals surface area contributed by atoms with E-state index in [1.807, 2.05) is 30.8 Å². The first-order chi connectivity index (χ1) is 10.1. The number of hydrogen-bond donors (Lipinski definition) is 1. The van der Waals surface area contributed by atoms with Crippen molar-refractivity contribution in [3.63, 3.8) is 0 Å². The molecule has 0 radical (unpaired) electrons. The lowest BCUT2D eigenvalue weighted by Gasteiger charge is -2.31. The van der Waals surface area contributed by atoms with Crippen molar-refractivity contribution in [2.45, 2.75) is 25.4 Å². The second-order valence-electron chi connectivity index (χ2n) is 5.14. The summed E-state index contributed by atoms with van der Waals surface area (Å²) in [7, 11) is 1.86. The Hall–Kier alpha value is -1.37. The van der Waals surface area contributed by atoms with E-state index in [0.717, 1.165) is 35.1 Å². The number of halogens is 1. The maximum Gasteiger partial charge on any atom is 0.245 e. The van der Waals surface area contributed by atoms with Crippen molar-refractivity contribution in [3.05, 3.63) is 33.6 Å². The molecule has 21 heavy (non-hydrogen) atoms. The van der Waals surface area contributed by atoms with E-state index in [0.29, 0.717) is 6.54 Å². The van der Waals surface area contributed by atoms with Gasteiger partial charge in [0.15, 0.2) is 5.82 Å². The number of carbonyl (C=O) groups excluding carboxylic acids is 1. The van der Waals surface area contributed by atoms with Crippen LogP contribution in [0.25, 0.3) is 0 Å². The second kappa shape index (κ2) is 6.17. The Morgan fingerprint density at radius 1 is 1.57 bits per heavy atom. The number of anilines is 1. The van der Waals surface area contributed by atoms with E-state index in [4.69, 9.17) is 11.6 Å². The fourth-order valence-electron chi connectivity index (χ4n) is 2.51. The van der Waals surface area contributed by atoms with Crippen molar-refractivity contribution in [1.29, 1.82) is 0 Å². The average Bonchev–Trinajstić information content (AvgIpc) is 3.06. The lowest BCUT2D eigenvalue weighted by atomic mass is 10.0. The molecule has 1 aliphatic rings. The van der Waals surface area contributed by atoms with Gasteiger partial charge in [0.25, 0.3) is 0 Å². The highest BCUT2D eigenvalue weighted by Gasteiger charge is 2.30. The van der Waals surface area contributed by atoms with Crippen LogP contribution in [0.5, 0.6) is 0 Å². The topological polar surface area (TPSA) is 50.2 Å². The molecule has 5 nitrogen and oxygen atoms in total. The average molecular weight is 325 g/mol. The number of carbonyl (C=O) groups is 1. The molecule has 0 aliphatic carbocycles. The summed E-state index contributed by atoms with van der Waals surface area (Å²) < 4.78 is 1.72. The van der Waals surface area contributed by atoms with Gasteiger partial charge >= 0.3 is 0 Å². The molecule has 1 atom stereocenters. The molecule has 3 rings (SSSR count). The highest BCUT2D eigenvalue weighted by atomic mass is 35.5. The Bertz CT molecular complexity index is 638. The Balaban J connectivity index is 1.64. The van der Waals surface area contributed by atoms with Crippen molar-refractivity contribution in [2.24, 2.45) is 7.05 Å². The van der Waals surface area contributed by atoms with E-state index in [2.05, 4.69) is 10.4 Å². The maximum absolute atomic E-state index is 12.6. The van der Waals surface area contributed by atoms with Crippen molar-refractivity contribution < 1.29 is 4.79 Å². The lowest BCUT2D eigenvalue weighted by molar-refractivity contribution is -0.121. The van der Waals surface area contributed by atoms with Gasteiger partial charge in [0.2, 0.25) is 5.91 Å². The smallest absolute Gasteiger partial charge is 0.245 e. The van der Waals surface area contributed by atoms with Gasteiger partial charge in [-0.1, -0.05) is 11.6 Å². The number of nitrogens with zero attached hydrogens (tertiary/aromatic N) is 3. The first-order valence-corrected chi connectivity index (χ1v) is 8.16. The monoisotopic (exact) mass is 324 g/mol. The Kier molecular flexibility index (Phi) is 4.28. The van der Waals surface area contributed by atoms with Gasteiger partial charge < -0.3 is 5.32 Å². The van der Waals surface area contributed by atoms with Gasteiger partial charge in [-0.2, -0.15) is 5.10 Å². The SMILES string of the molecule is Cn1ccc(N2CCCC(NCc3cc(Cl)cs3)C2=O)n1. The van der Waals surface area contributed by atoms with Crippen LogP contribution in [0, 0.1) is 0 Å². The molecule has 7 heteroatoms. The van der Waals surface area contributed by atoms with E-state index in [1.165, 1.54) is 0 Å². The third-order valence-corrected chi connectivity index (χ3v) is 4.84. The Labute approximate surface area is 132 Å². The summed E-state index contributed by atoms with van der Waals surface area (Å²) in [6, 6.07) is 3.66. The van der Waals surface area contributed by atoms with Crippen LogP contribution >= 0.6 is 22.9 Å². The lowest BCUT2D eigenvalue weighted by Crippen LogP contribution is -2.50. The summed E-state index contributed by atoms with van der Waals surface area (Å²) in [4.78, 5) is 15.5. The van der Waals surface area contributed by atoms with Crippen LogP contribution in [0.15, 0.2) is 23.7 Å².